The van der Waals surface area contributed by atoms with Crippen LogP contribution in [0.2, 0.25) is 0 Å². The van der Waals surface area contributed by atoms with E-state index in [0.29, 0.717) is 30.4 Å². The van der Waals surface area contributed by atoms with Crippen molar-refractivity contribution in [2.24, 2.45) is 5.92 Å². The maximum Gasteiger partial charge on any atom is 0.169 e. The van der Waals surface area contributed by atoms with E-state index >= 15 is 0 Å². The van der Waals surface area contributed by atoms with Crippen LogP contribution >= 0.6 is 0 Å². The van der Waals surface area contributed by atoms with E-state index in [-0.39, 0.29) is 0 Å². The number of ether oxygens (including phenoxy) is 1. The second-order valence-electron chi connectivity index (χ2n) is 11.0. The lowest BCUT2D eigenvalue weighted by molar-refractivity contribution is 0.140. The average Bonchev–Trinajstić information content (AvgIpc) is 3.27. The van der Waals surface area contributed by atoms with Crippen LogP contribution in [0.15, 0.2) is 48.7 Å². The molecule has 3 aromatic rings. The number of likely N-dealkylation sites (tertiary alicyclic amines) is 1. The number of piperidine rings is 1. The van der Waals surface area contributed by atoms with Gasteiger partial charge in [-0.05, 0) is 80.9 Å². The van der Waals surface area contributed by atoms with Crippen LogP contribution < -0.4 is 20.3 Å². The third-order valence-electron chi connectivity index (χ3n) is 8.53. The topological polar surface area (TPSA) is 104 Å². The van der Waals surface area contributed by atoms with E-state index in [4.69, 9.17) is 10.5 Å². The Bertz CT molecular complexity index is 1380. The third-order valence-corrected chi connectivity index (χ3v) is 8.53. The van der Waals surface area contributed by atoms with E-state index in [2.05, 4.69) is 53.9 Å². The smallest absolute Gasteiger partial charge is 0.169 e. The molecule has 40 heavy (non-hydrogen) atoms. The molecule has 0 spiro atoms. The van der Waals surface area contributed by atoms with Gasteiger partial charge >= 0.3 is 0 Å². The van der Waals surface area contributed by atoms with Crippen molar-refractivity contribution in [2.75, 3.05) is 62.0 Å². The Kier molecular flexibility index (Phi) is 7.71. The molecular formula is C31H37N7O2. The molecule has 3 aliphatic heterocycles. The van der Waals surface area contributed by atoms with Crippen molar-refractivity contribution < 1.29 is 9.84 Å². The molecule has 9 heteroatoms. The third kappa shape index (κ3) is 5.42. The van der Waals surface area contributed by atoms with Gasteiger partial charge in [0.2, 0.25) is 0 Å². The fourth-order valence-electron chi connectivity index (χ4n) is 6.37. The highest BCUT2D eigenvalue weighted by molar-refractivity contribution is 5.74. The number of para-hydroxylation sites is 1. The standard InChI is InChI=1S/C31H37N7O2/c1-40-30-7-3-2-6-27(30)28-18-29(31(32)35-34-28)37-19-25-8-9-26(20-37)38(25)24-10-13-33-23(17-24)5-4-14-36-15-11-22(21-39)12-16-36/h2-3,6-7,10,13,17-18,22,25-26,39H,8-9,11-12,14-16,19-21H2,1H3,(H2,32,35). The fraction of sp³-hybridized carbons (Fsp3) is 0.452. The minimum atomic E-state index is 0.295. The molecule has 2 unspecified atom stereocenters. The van der Waals surface area contributed by atoms with E-state index in [1.807, 2.05) is 36.5 Å². The molecule has 9 nitrogen and oxygen atoms in total. The number of benzene rings is 1. The van der Waals surface area contributed by atoms with Gasteiger partial charge in [0, 0.05) is 49.2 Å². The van der Waals surface area contributed by atoms with Crippen LogP contribution in [0.3, 0.4) is 0 Å². The number of methoxy groups -OCH3 is 1. The number of nitrogen functional groups attached to an aromatic ring is 1. The zero-order valence-corrected chi connectivity index (χ0v) is 23.0. The average molecular weight is 540 g/mol. The van der Waals surface area contributed by atoms with Crippen molar-refractivity contribution in [1.82, 2.24) is 20.1 Å². The van der Waals surface area contributed by atoms with Gasteiger partial charge in [-0.1, -0.05) is 18.1 Å². The number of aliphatic hydroxyl groups is 1. The van der Waals surface area contributed by atoms with Gasteiger partial charge in [-0.3, -0.25) is 4.90 Å². The molecule has 3 saturated heterocycles. The maximum absolute atomic E-state index is 9.36. The number of aromatic nitrogens is 3. The number of hydrogen-bond donors (Lipinski definition) is 2. The number of anilines is 3. The number of nitrogens with zero attached hydrogens (tertiary/aromatic N) is 6. The molecular weight excluding hydrogens is 502 g/mol. The summed E-state index contributed by atoms with van der Waals surface area (Å²) < 4.78 is 5.55. The fourth-order valence-corrected chi connectivity index (χ4v) is 6.37. The predicted octanol–water partition coefficient (Wildman–Crippen LogP) is 3.04. The molecule has 3 N–H and O–H groups in total. The van der Waals surface area contributed by atoms with Gasteiger partial charge in [0.1, 0.15) is 11.4 Å². The van der Waals surface area contributed by atoms with E-state index in [0.717, 1.165) is 86.8 Å². The number of fused-ring (bicyclic) bond motifs is 2. The largest absolute Gasteiger partial charge is 0.496 e. The molecule has 2 bridgehead atoms. The molecule has 2 atom stereocenters. The first-order valence-electron chi connectivity index (χ1n) is 14.2. The molecule has 3 aliphatic rings. The Morgan fingerprint density at radius 3 is 2.55 bits per heavy atom. The van der Waals surface area contributed by atoms with Crippen LogP contribution in [0.5, 0.6) is 5.75 Å². The summed E-state index contributed by atoms with van der Waals surface area (Å²) in [5.41, 5.74) is 10.9. The number of rotatable bonds is 6. The van der Waals surface area contributed by atoms with Crippen LogP contribution in [0.4, 0.5) is 17.2 Å². The van der Waals surface area contributed by atoms with Gasteiger partial charge in [-0.15, -0.1) is 10.2 Å². The summed E-state index contributed by atoms with van der Waals surface area (Å²) in [6, 6.07) is 14.9. The van der Waals surface area contributed by atoms with Crippen LogP contribution in [0.1, 0.15) is 31.4 Å². The molecule has 1 aromatic carbocycles. The molecule has 208 valence electrons. The predicted molar refractivity (Wildman–Crippen MR) is 157 cm³/mol. The van der Waals surface area contributed by atoms with Gasteiger partial charge in [0.25, 0.3) is 0 Å². The van der Waals surface area contributed by atoms with Gasteiger partial charge < -0.3 is 25.4 Å². The lowest BCUT2D eigenvalue weighted by Gasteiger charge is -2.43. The van der Waals surface area contributed by atoms with Crippen LogP contribution in [0, 0.1) is 17.8 Å². The summed E-state index contributed by atoms with van der Waals surface area (Å²) in [5, 5.41) is 18.0. The van der Waals surface area contributed by atoms with Gasteiger partial charge in [-0.2, -0.15) is 0 Å². The summed E-state index contributed by atoms with van der Waals surface area (Å²) in [6.45, 7) is 4.77. The Morgan fingerprint density at radius 1 is 1.02 bits per heavy atom. The Balaban J connectivity index is 1.15. The molecule has 5 heterocycles. The molecule has 6 rings (SSSR count). The van der Waals surface area contributed by atoms with Crippen molar-refractivity contribution in [3.05, 3.63) is 54.4 Å². The lowest BCUT2D eigenvalue weighted by Crippen LogP contribution is -2.54. The highest BCUT2D eigenvalue weighted by Crippen LogP contribution is 2.39. The second kappa shape index (κ2) is 11.7. The summed E-state index contributed by atoms with van der Waals surface area (Å²) in [7, 11) is 1.67. The van der Waals surface area contributed by atoms with Crippen molar-refractivity contribution in [2.45, 2.75) is 37.8 Å². The first-order valence-corrected chi connectivity index (χ1v) is 14.2. The van der Waals surface area contributed by atoms with Crippen LogP contribution in [-0.4, -0.2) is 83.7 Å². The molecule has 0 amide bonds. The second-order valence-corrected chi connectivity index (χ2v) is 11.0. The highest BCUT2D eigenvalue weighted by atomic mass is 16.5. The molecule has 0 aliphatic carbocycles. The Labute approximate surface area is 236 Å². The normalized spacial score (nSPS) is 21.2. The number of hydrogen-bond acceptors (Lipinski definition) is 9. The molecule has 2 aromatic heterocycles. The number of nitrogens with two attached hydrogens (primary N) is 1. The minimum Gasteiger partial charge on any atom is -0.496 e. The SMILES string of the molecule is COc1ccccc1-c1cc(N2CC3CCC(C2)N3c2ccnc(C#CCN3CCC(CO)CC3)c2)c(N)nn1. The first kappa shape index (κ1) is 26.4. The Hall–Kier alpha value is -3.87. The Morgan fingerprint density at radius 2 is 1.80 bits per heavy atom. The van der Waals surface area contributed by atoms with Crippen molar-refractivity contribution >= 4 is 17.2 Å². The number of piperazine rings is 1. The number of pyridine rings is 1. The summed E-state index contributed by atoms with van der Waals surface area (Å²) in [6.07, 6.45) is 6.23. The minimum absolute atomic E-state index is 0.295. The van der Waals surface area contributed by atoms with Crippen molar-refractivity contribution in [3.63, 3.8) is 0 Å². The highest BCUT2D eigenvalue weighted by Gasteiger charge is 2.40. The summed E-state index contributed by atoms with van der Waals surface area (Å²) >= 11 is 0. The molecule has 3 fully saturated rings. The van der Waals surface area contributed by atoms with Crippen molar-refractivity contribution in [1.29, 1.82) is 0 Å². The van der Waals surface area contributed by atoms with Crippen LogP contribution in [-0.2, 0) is 0 Å². The quantitative estimate of drug-likeness (QED) is 0.458. The van der Waals surface area contributed by atoms with Gasteiger partial charge in [0.15, 0.2) is 5.82 Å². The summed E-state index contributed by atoms with van der Waals surface area (Å²) in [5.74, 6) is 8.27. The molecule has 0 saturated carbocycles. The zero-order chi connectivity index (χ0) is 27.5. The van der Waals surface area contributed by atoms with Crippen LogP contribution in [0.25, 0.3) is 11.3 Å². The first-order chi connectivity index (χ1) is 19.6. The summed E-state index contributed by atoms with van der Waals surface area (Å²) in [4.78, 5) is 11.8. The van der Waals surface area contributed by atoms with E-state index < -0.39 is 0 Å². The van der Waals surface area contributed by atoms with Crippen molar-refractivity contribution in [3.8, 4) is 28.8 Å². The lowest BCUT2D eigenvalue weighted by atomic mass is 9.98. The van der Waals surface area contributed by atoms with E-state index in [9.17, 15) is 5.11 Å². The van der Waals surface area contributed by atoms with E-state index in [1.54, 1.807) is 7.11 Å². The monoisotopic (exact) mass is 539 g/mol. The maximum atomic E-state index is 9.36. The zero-order valence-electron chi connectivity index (χ0n) is 23.0. The van der Waals surface area contributed by atoms with E-state index in [1.165, 1.54) is 5.69 Å². The number of aliphatic hydroxyl groups excluding tert-OH is 1. The molecule has 0 radical (unpaired) electrons. The van der Waals surface area contributed by atoms with Gasteiger partial charge in [0.05, 0.1) is 25.0 Å². The van der Waals surface area contributed by atoms with Gasteiger partial charge in [-0.25, -0.2) is 4.98 Å².